The Morgan fingerprint density at radius 1 is 1.00 bits per heavy atom. The van der Waals surface area contributed by atoms with E-state index in [0.29, 0.717) is 40.1 Å². The van der Waals surface area contributed by atoms with Gasteiger partial charge in [0.25, 0.3) is 0 Å². The van der Waals surface area contributed by atoms with Gasteiger partial charge in [0.15, 0.2) is 11.5 Å². The van der Waals surface area contributed by atoms with Crippen molar-refractivity contribution in [2.45, 2.75) is 51.7 Å². The van der Waals surface area contributed by atoms with Crippen molar-refractivity contribution in [3.63, 3.8) is 0 Å². The van der Waals surface area contributed by atoms with Crippen molar-refractivity contribution in [2.24, 2.45) is 5.41 Å². The van der Waals surface area contributed by atoms with Crippen molar-refractivity contribution in [2.75, 3.05) is 34.5 Å². The molecular formula is C27H37Cl2NO7. The third-order valence-corrected chi connectivity index (χ3v) is 7.05. The van der Waals surface area contributed by atoms with E-state index >= 15 is 0 Å². The molecule has 1 amide bonds. The van der Waals surface area contributed by atoms with Crippen LogP contribution in [-0.4, -0.2) is 56.9 Å². The predicted octanol–water partition coefficient (Wildman–Crippen LogP) is 5.93. The van der Waals surface area contributed by atoms with Gasteiger partial charge in [-0.2, -0.15) is 0 Å². The van der Waals surface area contributed by atoms with Crippen LogP contribution >= 0.6 is 23.2 Å². The Balaban J connectivity index is 2.57. The van der Waals surface area contributed by atoms with E-state index in [0.717, 1.165) is 11.1 Å². The summed E-state index contributed by atoms with van der Waals surface area (Å²) in [6.45, 7) is 6.11. The van der Waals surface area contributed by atoms with E-state index in [1.54, 1.807) is 24.3 Å². The summed E-state index contributed by atoms with van der Waals surface area (Å²) in [7, 11) is 4.61. The van der Waals surface area contributed by atoms with E-state index in [2.05, 4.69) is 5.32 Å². The summed E-state index contributed by atoms with van der Waals surface area (Å²) in [6.07, 6.45) is -0.307. The molecule has 0 heterocycles. The highest BCUT2D eigenvalue weighted by atomic mass is 35.5. The standard InChI is InChI=1S/C27H37Cl2NO7/c1-26(2,3)24(30-25(32)33)27(10-7-11-31,18-8-9-19(28)20(29)14-18)16-37-15-17-12-21(34-4)23(36-6)22(13-17)35-5/h8-9,12-14,24,30-31H,7,10-11,15-16H2,1-6H3,(H,32,33). The first-order valence-corrected chi connectivity index (χ1v) is 12.6. The van der Waals surface area contributed by atoms with Crippen molar-refractivity contribution < 1.29 is 34.0 Å². The number of hydrogen-bond acceptors (Lipinski definition) is 6. The van der Waals surface area contributed by atoms with Gasteiger partial charge in [0.1, 0.15) is 0 Å². The maximum Gasteiger partial charge on any atom is 0.404 e. The van der Waals surface area contributed by atoms with Crippen molar-refractivity contribution in [3.8, 4) is 17.2 Å². The zero-order valence-electron chi connectivity index (χ0n) is 22.2. The molecule has 0 bridgehead atoms. The number of halogens is 2. The molecule has 2 unspecified atom stereocenters. The summed E-state index contributed by atoms with van der Waals surface area (Å²) in [5.41, 5.74) is 0.136. The van der Waals surface area contributed by atoms with Gasteiger partial charge < -0.3 is 34.5 Å². The minimum Gasteiger partial charge on any atom is -0.493 e. The van der Waals surface area contributed by atoms with Gasteiger partial charge in [0.05, 0.1) is 44.6 Å². The minimum absolute atomic E-state index is 0.0696. The molecule has 8 nitrogen and oxygen atoms in total. The molecule has 2 aromatic rings. The van der Waals surface area contributed by atoms with Crippen molar-refractivity contribution in [1.29, 1.82) is 0 Å². The first-order valence-electron chi connectivity index (χ1n) is 11.9. The Labute approximate surface area is 228 Å². The molecule has 0 fully saturated rings. The molecule has 2 atom stereocenters. The Morgan fingerprint density at radius 2 is 1.62 bits per heavy atom. The number of methoxy groups -OCH3 is 3. The number of amides is 1. The molecular weight excluding hydrogens is 521 g/mol. The van der Waals surface area contributed by atoms with E-state index in [-0.39, 0.29) is 19.8 Å². The van der Waals surface area contributed by atoms with Gasteiger partial charge >= 0.3 is 6.09 Å². The molecule has 0 spiro atoms. The third kappa shape index (κ3) is 7.57. The van der Waals surface area contributed by atoms with Crippen LogP contribution in [0.2, 0.25) is 10.0 Å². The Hall–Kier alpha value is -2.39. The Kier molecular flexibility index (Phi) is 11.2. The van der Waals surface area contributed by atoms with Gasteiger partial charge in [0.2, 0.25) is 5.75 Å². The number of rotatable bonds is 13. The molecule has 206 valence electrons. The number of aliphatic hydroxyl groups excluding tert-OH is 1. The number of carbonyl (C=O) groups is 1. The van der Waals surface area contributed by atoms with Gasteiger partial charge in [-0.05, 0) is 53.6 Å². The van der Waals surface area contributed by atoms with Crippen LogP contribution in [0.4, 0.5) is 4.79 Å². The summed E-state index contributed by atoms with van der Waals surface area (Å²) in [4.78, 5) is 11.9. The second-order valence-electron chi connectivity index (χ2n) is 9.89. The number of ether oxygens (including phenoxy) is 4. The van der Waals surface area contributed by atoms with Crippen LogP contribution < -0.4 is 19.5 Å². The lowest BCUT2D eigenvalue weighted by Gasteiger charge is -2.47. The van der Waals surface area contributed by atoms with Crippen LogP contribution in [-0.2, 0) is 16.8 Å². The van der Waals surface area contributed by atoms with E-state index < -0.39 is 23.0 Å². The average molecular weight is 558 g/mol. The number of aliphatic hydroxyl groups is 1. The minimum atomic E-state index is -1.15. The summed E-state index contributed by atoms with van der Waals surface area (Å²) >= 11 is 12.6. The molecule has 0 radical (unpaired) electrons. The lowest BCUT2D eigenvalue weighted by Crippen LogP contribution is -2.59. The molecule has 0 saturated heterocycles. The van der Waals surface area contributed by atoms with Crippen molar-refractivity contribution in [1.82, 2.24) is 5.32 Å². The van der Waals surface area contributed by atoms with Gasteiger partial charge in [-0.15, -0.1) is 0 Å². The largest absolute Gasteiger partial charge is 0.493 e. The fraction of sp³-hybridized carbons (Fsp3) is 0.519. The second-order valence-corrected chi connectivity index (χ2v) is 10.7. The zero-order valence-corrected chi connectivity index (χ0v) is 23.7. The number of hydrogen-bond donors (Lipinski definition) is 3. The maximum atomic E-state index is 11.9. The second kappa shape index (κ2) is 13.4. The molecule has 37 heavy (non-hydrogen) atoms. The number of benzene rings is 2. The van der Waals surface area contributed by atoms with Gasteiger partial charge in [-0.1, -0.05) is 50.0 Å². The zero-order chi connectivity index (χ0) is 27.8. The molecule has 0 aliphatic carbocycles. The van der Waals surface area contributed by atoms with E-state index in [1.807, 2.05) is 26.8 Å². The topological polar surface area (TPSA) is 106 Å². The van der Waals surface area contributed by atoms with E-state index in [9.17, 15) is 15.0 Å². The lowest BCUT2D eigenvalue weighted by molar-refractivity contribution is 0.0212. The molecule has 3 N–H and O–H groups in total. The quantitative estimate of drug-likeness (QED) is 0.280. The van der Waals surface area contributed by atoms with Crippen LogP contribution in [0, 0.1) is 5.41 Å². The number of nitrogens with one attached hydrogen (secondary N) is 1. The highest BCUT2D eigenvalue weighted by Gasteiger charge is 2.47. The molecule has 0 saturated carbocycles. The Bertz CT molecular complexity index is 1030. The Morgan fingerprint density at radius 3 is 2.08 bits per heavy atom. The first kappa shape index (κ1) is 30.8. The molecule has 0 aliphatic heterocycles. The number of carboxylic acid groups (broad SMARTS) is 1. The van der Waals surface area contributed by atoms with Crippen LogP contribution in [0.5, 0.6) is 17.2 Å². The van der Waals surface area contributed by atoms with Crippen molar-refractivity contribution in [3.05, 3.63) is 51.5 Å². The summed E-state index contributed by atoms with van der Waals surface area (Å²) in [5.74, 6) is 1.47. The summed E-state index contributed by atoms with van der Waals surface area (Å²) in [5, 5.41) is 23.0. The van der Waals surface area contributed by atoms with Crippen LogP contribution in [0.3, 0.4) is 0 Å². The highest BCUT2D eigenvalue weighted by molar-refractivity contribution is 6.42. The maximum absolute atomic E-state index is 11.9. The lowest BCUT2D eigenvalue weighted by atomic mass is 9.63. The van der Waals surface area contributed by atoms with Crippen LogP contribution in [0.25, 0.3) is 0 Å². The smallest absolute Gasteiger partial charge is 0.404 e. The van der Waals surface area contributed by atoms with Crippen molar-refractivity contribution >= 4 is 29.3 Å². The van der Waals surface area contributed by atoms with Gasteiger partial charge in [-0.3, -0.25) is 0 Å². The summed E-state index contributed by atoms with van der Waals surface area (Å²) in [6, 6.07) is 8.26. The summed E-state index contributed by atoms with van der Waals surface area (Å²) < 4.78 is 22.6. The molecule has 0 aliphatic rings. The highest BCUT2D eigenvalue weighted by Crippen LogP contribution is 2.43. The average Bonchev–Trinajstić information content (AvgIpc) is 2.85. The fourth-order valence-electron chi connectivity index (χ4n) is 4.77. The predicted molar refractivity (Wildman–Crippen MR) is 145 cm³/mol. The molecule has 0 aromatic heterocycles. The van der Waals surface area contributed by atoms with Crippen LogP contribution in [0.15, 0.2) is 30.3 Å². The van der Waals surface area contributed by atoms with Gasteiger partial charge in [-0.25, -0.2) is 4.79 Å². The first-order chi connectivity index (χ1) is 17.4. The SMILES string of the molecule is COc1cc(COCC(CCCO)(c2ccc(Cl)c(Cl)c2)C(NC(=O)O)C(C)(C)C)cc(OC)c1OC. The molecule has 2 rings (SSSR count). The van der Waals surface area contributed by atoms with Crippen LogP contribution in [0.1, 0.15) is 44.7 Å². The monoisotopic (exact) mass is 557 g/mol. The molecule has 2 aromatic carbocycles. The van der Waals surface area contributed by atoms with Gasteiger partial charge in [0, 0.05) is 18.1 Å². The normalized spacial score (nSPS) is 14.0. The third-order valence-electron chi connectivity index (χ3n) is 6.31. The van der Waals surface area contributed by atoms with E-state index in [1.165, 1.54) is 21.3 Å². The fourth-order valence-corrected chi connectivity index (χ4v) is 5.07. The molecule has 10 heteroatoms. The van der Waals surface area contributed by atoms with E-state index in [4.69, 9.17) is 42.1 Å².